The molecule has 1 aliphatic heterocycles. The van der Waals surface area contributed by atoms with Gasteiger partial charge in [0.05, 0.1) is 11.9 Å². The molecule has 2 rings (SSSR count). The van der Waals surface area contributed by atoms with Crippen LogP contribution < -0.4 is 5.32 Å². The van der Waals surface area contributed by atoms with E-state index in [0.717, 1.165) is 31.6 Å². The van der Waals surface area contributed by atoms with Gasteiger partial charge in [0.2, 0.25) is 10.0 Å². The van der Waals surface area contributed by atoms with Gasteiger partial charge < -0.3 is 5.32 Å². The van der Waals surface area contributed by atoms with Crippen molar-refractivity contribution in [3.05, 3.63) is 29.6 Å². The molecule has 0 saturated carbocycles. The van der Waals surface area contributed by atoms with E-state index in [1.165, 1.54) is 11.8 Å². The Hall–Kier alpha value is -0.980. The number of rotatable bonds is 5. The number of aryl methyl sites for hydroxylation is 1. The average molecular weight is 297 g/mol. The van der Waals surface area contributed by atoms with Crippen molar-refractivity contribution in [3.63, 3.8) is 0 Å². The van der Waals surface area contributed by atoms with Crippen LogP contribution in [0.5, 0.6) is 0 Å². The van der Waals surface area contributed by atoms with Crippen molar-refractivity contribution in [2.24, 2.45) is 5.92 Å². The highest BCUT2D eigenvalue weighted by Gasteiger charge is 2.25. The molecule has 0 aliphatic carbocycles. The average Bonchev–Trinajstić information content (AvgIpc) is 2.40. The molecule has 1 fully saturated rings. The van der Waals surface area contributed by atoms with Crippen molar-refractivity contribution in [2.75, 3.05) is 25.9 Å². The van der Waals surface area contributed by atoms with Crippen molar-refractivity contribution in [1.29, 1.82) is 0 Å². The van der Waals surface area contributed by atoms with Crippen LogP contribution in [0.2, 0.25) is 0 Å². The topological polar surface area (TPSA) is 62.3 Å². The van der Waals surface area contributed by atoms with Gasteiger partial charge in [-0.3, -0.25) is 4.98 Å². The summed E-state index contributed by atoms with van der Waals surface area (Å²) in [5.74, 6) is 0.391. The molecule has 0 bridgehead atoms. The first-order valence-electron chi connectivity index (χ1n) is 7.03. The molecule has 112 valence electrons. The molecule has 1 atom stereocenters. The van der Waals surface area contributed by atoms with Crippen LogP contribution in [0.4, 0.5) is 0 Å². The Morgan fingerprint density at radius 2 is 2.30 bits per heavy atom. The normalized spacial score (nSPS) is 21.0. The molecule has 1 aromatic heterocycles. The minimum Gasteiger partial charge on any atom is -0.311 e. The Labute approximate surface area is 121 Å². The van der Waals surface area contributed by atoms with Crippen molar-refractivity contribution in [2.45, 2.75) is 26.3 Å². The summed E-state index contributed by atoms with van der Waals surface area (Å²) in [4.78, 5) is 4.35. The highest BCUT2D eigenvalue weighted by molar-refractivity contribution is 7.88. The maximum Gasteiger partial charge on any atom is 0.211 e. The largest absolute Gasteiger partial charge is 0.311 e. The number of nitrogens with one attached hydrogen (secondary N) is 1. The molecule has 0 aromatic carbocycles. The maximum absolute atomic E-state index is 11.6. The predicted octanol–water partition coefficient (Wildman–Crippen LogP) is 1.15. The lowest BCUT2D eigenvalue weighted by molar-refractivity contribution is 0.261. The van der Waals surface area contributed by atoms with E-state index in [2.05, 4.69) is 23.3 Å². The summed E-state index contributed by atoms with van der Waals surface area (Å²) in [6, 6.07) is 3.99. The third-order valence-corrected chi connectivity index (χ3v) is 5.06. The number of nitrogens with zero attached hydrogens (tertiary/aromatic N) is 2. The Morgan fingerprint density at radius 3 is 3.00 bits per heavy atom. The zero-order valence-electron chi connectivity index (χ0n) is 12.2. The standard InChI is InChI=1S/C14H23N3O2S/c1-12-5-3-7-16-14(12)10-15-9-13-6-4-8-17(11-13)20(2,18)19/h3,5,7,13,15H,4,6,8-11H2,1-2H3. The molecule has 0 amide bonds. The number of hydrogen-bond donors (Lipinski definition) is 1. The van der Waals surface area contributed by atoms with E-state index < -0.39 is 10.0 Å². The summed E-state index contributed by atoms with van der Waals surface area (Å²) in [6.07, 6.45) is 5.12. The number of pyridine rings is 1. The van der Waals surface area contributed by atoms with Crippen LogP contribution in [-0.4, -0.2) is 43.6 Å². The van der Waals surface area contributed by atoms with E-state index >= 15 is 0 Å². The molecule has 1 saturated heterocycles. The maximum atomic E-state index is 11.6. The van der Waals surface area contributed by atoms with Crippen LogP contribution in [0.1, 0.15) is 24.1 Å². The van der Waals surface area contributed by atoms with Gasteiger partial charge in [0.1, 0.15) is 0 Å². The van der Waals surface area contributed by atoms with Gasteiger partial charge in [-0.25, -0.2) is 12.7 Å². The Morgan fingerprint density at radius 1 is 1.50 bits per heavy atom. The minimum atomic E-state index is -3.05. The predicted molar refractivity (Wildman–Crippen MR) is 79.8 cm³/mol. The minimum absolute atomic E-state index is 0.391. The Kier molecular flexibility index (Phi) is 5.12. The van der Waals surface area contributed by atoms with Gasteiger partial charge in [-0.05, 0) is 43.9 Å². The molecule has 1 aliphatic rings. The number of sulfonamides is 1. The quantitative estimate of drug-likeness (QED) is 0.885. The van der Waals surface area contributed by atoms with E-state index in [1.54, 1.807) is 10.5 Å². The summed E-state index contributed by atoms with van der Waals surface area (Å²) in [6.45, 7) is 4.92. The highest BCUT2D eigenvalue weighted by atomic mass is 32.2. The lowest BCUT2D eigenvalue weighted by atomic mass is 10.00. The zero-order valence-corrected chi connectivity index (χ0v) is 13.0. The molecule has 1 N–H and O–H groups in total. The van der Waals surface area contributed by atoms with Gasteiger partial charge in [-0.2, -0.15) is 0 Å². The van der Waals surface area contributed by atoms with Crippen LogP contribution in [0.25, 0.3) is 0 Å². The first kappa shape index (κ1) is 15.4. The molecule has 1 unspecified atom stereocenters. The van der Waals surface area contributed by atoms with Crippen molar-refractivity contribution in [1.82, 2.24) is 14.6 Å². The van der Waals surface area contributed by atoms with Gasteiger partial charge in [0.15, 0.2) is 0 Å². The van der Waals surface area contributed by atoms with Gasteiger partial charge in [-0.1, -0.05) is 6.07 Å². The Bertz CT molecular complexity index is 545. The number of hydrogen-bond acceptors (Lipinski definition) is 4. The van der Waals surface area contributed by atoms with Gasteiger partial charge in [0.25, 0.3) is 0 Å². The Balaban J connectivity index is 1.81. The third-order valence-electron chi connectivity index (χ3n) is 3.79. The molecular formula is C14H23N3O2S. The van der Waals surface area contributed by atoms with Crippen molar-refractivity contribution >= 4 is 10.0 Å². The molecule has 0 radical (unpaired) electrons. The van der Waals surface area contributed by atoms with Gasteiger partial charge in [-0.15, -0.1) is 0 Å². The third kappa shape index (κ3) is 4.26. The first-order chi connectivity index (χ1) is 9.47. The first-order valence-corrected chi connectivity index (χ1v) is 8.88. The van der Waals surface area contributed by atoms with Gasteiger partial charge in [0, 0.05) is 25.8 Å². The van der Waals surface area contributed by atoms with E-state index in [4.69, 9.17) is 0 Å². The monoisotopic (exact) mass is 297 g/mol. The zero-order chi connectivity index (χ0) is 14.6. The van der Waals surface area contributed by atoms with E-state index in [9.17, 15) is 8.42 Å². The molecule has 6 heteroatoms. The van der Waals surface area contributed by atoms with Crippen LogP contribution >= 0.6 is 0 Å². The number of piperidine rings is 1. The molecule has 20 heavy (non-hydrogen) atoms. The second-order valence-corrected chi connectivity index (χ2v) is 7.51. The second kappa shape index (κ2) is 6.65. The van der Waals surface area contributed by atoms with E-state index in [1.807, 2.05) is 6.07 Å². The fraction of sp³-hybridized carbons (Fsp3) is 0.643. The molecule has 2 heterocycles. The van der Waals surface area contributed by atoms with Crippen LogP contribution in [0.3, 0.4) is 0 Å². The second-order valence-electron chi connectivity index (χ2n) is 5.53. The van der Waals surface area contributed by atoms with Crippen LogP contribution in [0, 0.1) is 12.8 Å². The fourth-order valence-corrected chi connectivity index (χ4v) is 3.54. The summed E-state index contributed by atoms with van der Waals surface area (Å²) in [5.41, 5.74) is 2.24. The number of aromatic nitrogens is 1. The lowest BCUT2D eigenvalue weighted by Crippen LogP contribution is -2.42. The molecular weight excluding hydrogens is 274 g/mol. The van der Waals surface area contributed by atoms with Crippen LogP contribution in [-0.2, 0) is 16.6 Å². The smallest absolute Gasteiger partial charge is 0.211 e. The molecule has 1 aromatic rings. The van der Waals surface area contributed by atoms with E-state index in [-0.39, 0.29) is 0 Å². The summed E-state index contributed by atoms with van der Waals surface area (Å²) in [5, 5.41) is 3.40. The molecule has 5 nitrogen and oxygen atoms in total. The van der Waals surface area contributed by atoms with E-state index in [0.29, 0.717) is 19.0 Å². The SMILES string of the molecule is Cc1cccnc1CNCC1CCCN(S(C)(=O)=O)C1. The molecule has 0 spiro atoms. The van der Waals surface area contributed by atoms with Crippen molar-refractivity contribution in [3.8, 4) is 0 Å². The summed E-state index contributed by atoms with van der Waals surface area (Å²) < 4.78 is 24.7. The van der Waals surface area contributed by atoms with Crippen LogP contribution in [0.15, 0.2) is 18.3 Å². The fourth-order valence-electron chi connectivity index (χ4n) is 2.59. The van der Waals surface area contributed by atoms with Gasteiger partial charge >= 0.3 is 0 Å². The summed E-state index contributed by atoms with van der Waals surface area (Å²) in [7, 11) is -3.05. The van der Waals surface area contributed by atoms with Crippen molar-refractivity contribution < 1.29 is 8.42 Å². The summed E-state index contributed by atoms with van der Waals surface area (Å²) >= 11 is 0. The lowest BCUT2D eigenvalue weighted by Gasteiger charge is -2.31. The highest BCUT2D eigenvalue weighted by Crippen LogP contribution is 2.18.